The van der Waals surface area contributed by atoms with Gasteiger partial charge < -0.3 is 10.4 Å². The molecule has 1 saturated heterocycles. The van der Waals surface area contributed by atoms with Gasteiger partial charge in [0.25, 0.3) is 0 Å². The summed E-state index contributed by atoms with van der Waals surface area (Å²) in [6.45, 7) is 1.01. The summed E-state index contributed by atoms with van der Waals surface area (Å²) in [5.74, 6) is -0.233. The molecule has 1 heterocycles. The van der Waals surface area contributed by atoms with E-state index in [0.29, 0.717) is 12.0 Å². The monoisotopic (exact) mass is 155 g/mol. The van der Waals surface area contributed by atoms with Crippen molar-refractivity contribution in [2.75, 3.05) is 6.54 Å². The number of hydrogen-bond acceptors (Lipinski definition) is 2. The van der Waals surface area contributed by atoms with E-state index in [1.165, 1.54) is 0 Å². The number of hydrogen-bond donors (Lipinski definition) is 2. The molecule has 0 aromatic rings. The molecule has 3 unspecified atom stereocenters. The zero-order valence-electron chi connectivity index (χ0n) is 6.42. The Morgan fingerprint density at radius 2 is 2.18 bits per heavy atom. The lowest BCUT2D eigenvalue weighted by Crippen LogP contribution is -2.25. The minimum Gasteiger partial charge on any atom is -0.481 e. The van der Waals surface area contributed by atoms with E-state index in [9.17, 15) is 4.79 Å². The van der Waals surface area contributed by atoms with Crippen LogP contribution in [0.5, 0.6) is 0 Å². The molecule has 2 N–H and O–H groups in total. The van der Waals surface area contributed by atoms with Crippen LogP contribution in [0, 0.1) is 11.8 Å². The number of fused-ring (bicyclic) bond motifs is 1. The van der Waals surface area contributed by atoms with E-state index in [-0.39, 0.29) is 5.92 Å². The SMILES string of the molecule is O=C(O)C1CCC2NCCC21. The minimum absolute atomic E-state index is 0.0602. The normalized spacial score (nSPS) is 42.4. The lowest BCUT2D eigenvalue weighted by Gasteiger charge is -2.12. The first-order valence-electron chi connectivity index (χ1n) is 4.25. The number of carboxylic acids is 1. The molecule has 0 aromatic carbocycles. The maximum absolute atomic E-state index is 10.7. The fourth-order valence-electron chi connectivity index (χ4n) is 2.47. The van der Waals surface area contributed by atoms with Crippen LogP contribution in [-0.4, -0.2) is 23.7 Å². The Morgan fingerprint density at radius 3 is 2.91 bits per heavy atom. The standard InChI is InChI=1S/C8H13NO2/c10-8(11)6-1-2-7-5(6)3-4-9-7/h5-7,9H,1-4H2,(H,10,11). The summed E-state index contributed by atoms with van der Waals surface area (Å²) >= 11 is 0. The molecule has 0 aromatic heterocycles. The summed E-state index contributed by atoms with van der Waals surface area (Å²) in [6.07, 6.45) is 2.99. The van der Waals surface area contributed by atoms with Crippen molar-refractivity contribution in [3.05, 3.63) is 0 Å². The number of aliphatic carboxylic acids is 1. The van der Waals surface area contributed by atoms with E-state index in [4.69, 9.17) is 5.11 Å². The zero-order valence-corrected chi connectivity index (χ0v) is 6.42. The van der Waals surface area contributed by atoms with Crippen LogP contribution in [0.3, 0.4) is 0 Å². The minimum atomic E-state index is -0.596. The van der Waals surface area contributed by atoms with Gasteiger partial charge in [-0.1, -0.05) is 0 Å². The van der Waals surface area contributed by atoms with Crippen molar-refractivity contribution < 1.29 is 9.90 Å². The molecule has 1 saturated carbocycles. The summed E-state index contributed by atoms with van der Waals surface area (Å²) < 4.78 is 0. The third-order valence-corrected chi connectivity index (χ3v) is 3.02. The van der Waals surface area contributed by atoms with E-state index < -0.39 is 5.97 Å². The molecular weight excluding hydrogens is 142 g/mol. The van der Waals surface area contributed by atoms with Gasteiger partial charge in [-0.25, -0.2) is 0 Å². The zero-order chi connectivity index (χ0) is 7.84. The van der Waals surface area contributed by atoms with Crippen LogP contribution in [-0.2, 0) is 4.79 Å². The number of carbonyl (C=O) groups is 1. The van der Waals surface area contributed by atoms with Crippen molar-refractivity contribution in [2.24, 2.45) is 11.8 Å². The molecule has 62 valence electrons. The van der Waals surface area contributed by atoms with Gasteiger partial charge >= 0.3 is 5.97 Å². The van der Waals surface area contributed by atoms with E-state index in [1.807, 2.05) is 0 Å². The van der Waals surface area contributed by atoms with Crippen LogP contribution in [0.25, 0.3) is 0 Å². The smallest absolute Gasteiger partial charge is 0.306 e. The van der Waals surface area contributed by atoms with Gasteiger partial charge in [-0.05, 0) is 31.7 Å². The highest BCUT2D eigenvalue weighted by molar-refractivity contribution is 5.71. The molecule has 1 aliphatic carbocycles. The molecule has 3 atom stereocenters. The predicted octanol–water partition coefficient (Wildman–Crippen LogP) is 0.459. The molecule has 3 nitrogen and oxygen atoms in total. The van der Waals surface area contributed by atoms with Gasteiger partial charge in [-0.2, -0.15) is 0 Å². The quantitative estimate of drug-likeness (QED) is 0.578. The molecular formula is C8H13NO2. The molecule has 0 radical (unpaired) electrons. The van der Waals surface area contributed by atoms with Crippen molar-refractivity contribution in [3.8, 4) is 0 Å². The second-order valence-corrected chi connectivity index (χ2v) is 3.54. The van der Waals surface area contributed by atoms with Gasteiger partial charge in [0.2, 0.25) is 0 Å². The molecule has 2 rings (SSSR count). The Hall–Kier alpha value is -0.570. The van der Waals surface area contributed by atoms with Crippen molar-refractivity contribution in [2.45, 2.75) is 25.3 Å². The maximum Gasteiger partial charge on any atom is 0.306 e. The Labute approximate surface area is 65.8 Å². The van der Waals surface area contributed by atoms with Crippen molar-refractivity contribution in [1.29, 1.82) is 0 Å². The second kappa shape index (κ2) is 2.48. The average Bonchev–Trinajstić information content (AvgIpc) is 2.41. The van der Waals surface area contributed by atoms with Crippen LogP contribution in [0.4, 0.5) is 0 Å². The fourth-order valence-corrected chi connectivity index (χ4v) is 2.47. The van der Waals surface area contributed by atoms with Gasteiger partial charge in [0, 0.05) is 6.04 Å². The van der Waals surface area contributed by atoms with Gasteiger partial charge in [0.1, 0.15) is 0 Å². The van der Waals surface area contributed by atoms with Gasteiger partial charge in [0.05, 0.1) is 5.92 Å². The predicted molar refractivity (Wildman–Crippen MR) is 40.3 cm³/mol. The highest BCUT2D eigenvalue weighted by Gasteiger charge is 2.42. The molecule has 11 heavy (non-hydrogen) atoms. The van der Waals surface area contributed by atoms with Crippen LogP contribution < -0.4 is 5.32 Å². The summed E-state index contributed by atoms with van der Waals surface area (Å²) in [5, 5.41) is 12.2. The Bertz CT molecular complexity index is 181. The third-order valence-electron chi connectivity index (χ3n) is 3.02. The third kappa shape index (κ3) is 1.03. The molecule has 0 spiro atoms. The van der Waals surface area contributed by atoms with E-state index >= 15 is 0 Å². The summed E-state index contributed by atoms with van der Waals surface area (Å²) in [6, 6.07) is 0.510. The largest absolute Gasteiger partial charge is 0.481 e. The first kappa shape index (κ1) is 7.10. The molecule has 3 heteroatoms. The van der Waals surface area contributed by atoms with Crippen molar-refractivity contribution in [1.82, 2.24) is 5.32 Å². The highest BCUT2D eigenvalue weighted by atomic mass is 16.4. The number of carboxylic acid groups (broad SMARTS) is 1. The van der Waals surface area contributed by atoms with Gasteiger partial charge in [-0.15, -0.1) is 0 Å². The van der Waals surface area contributed by atoms with E-state index in [2.05, 4.69) is 5.32 Å². The van der Waals surface area contributed by atoms with Crippen molar-refractivity contribution in [3.63, 3.8) is 0 Å². The van der Waals surface area contributed by atoms with Crippen LogP contribution in [0.1, 0.15) is 19.3 Å². The number of rotatable bonds is 1. The molecule has 0 amide bonds. The summed E-state index contributed by atoms with van der Waals surface area (Å²) in [4.78, 5) is 10.7. The lowest BCUT2D eigenvalue weighted by molar-refractivity contribution is -0.142. The average molecular weight is 155 g/mol. The van der Waals surface area contributed by atoms with Gasteiger partial charge in [0.15, 0.2) is 0 Å². The van der Waals surface area contributed by atoms with Gasteiger partial charge in [-0.3, -0.25) is 4.79 Å². The topological polar surface area (TPSA) is 49.3 Å². The summed E-state index contributed by atoms with van der Waals surface area (Å²) in [5.41, 5.74) is 0. The highest BCUT2D eigenvalue weighted by Crippen LogP contribution is 2.37. The van der Waals surface area contributed by atoms with Crippen LogP contribution in [0.15, 0.2) is 0 Å². The first-order valence-corrected chi connectivity index (χ1v) is 4.25. The number of nitrogens with one attached hydrogen (secondary N) is 1. The lowest BCUT2D eigenvalue weighted by atomic mass is 9.94. The maximum atomic E-state index is 10.7. The first-order chi connectivity index (χ1) is 5.29. The Balaban J connectivity index is 2.08. The fraction of sp³-hybridized carbons (Fsp3) is 0.875. The Kier molecular flexibility index (Phi) is 1.60. The van der Waals surface area contributed by atoms with Crippen molar-refractivity contribution >= 4 is 5.97 Å². The Morgan fingerprint density at radius 1 is 1.36 bits per heavy atom. The molecule has 2 aliphatic rings. The van der Waals surface area contributed by atoms with E-state index in [1.54, 1.807) is 0 Å². The second-order valence-electron chi connectivity index (χ2n) is 3.54. The van der Waals surface area contributed by atoms with Crippen LogP contribution >= 0.6 is 0 Å². The molecule has 1 aliphatic heterocycles. The molecule has 2 fully saturated rings. The van der Waals surface area contributed by atoms with E-state index in [0.717, 1.165) is 25.8 Å². The molecule has 0 bridgehead atoms. The summed E-state index contributed by atoms with van der Waals surface area (Å²) in [7, 11) is 0. The van der Waals surface area contributed by atoms with Crippen LogP contribution in [0.2, 0.25) is 0 Å².